The first-order valence-corrected chi connectivity index (χ1v) is 16.2. The van der Waals surface area contributed by atoms with E-state index in [1.54, 1.807) is 24.3 Å². The van der Waals surface area contributed by atoms with Gasteiger partial charge in [-0.05, 0) is 79.5 Å². The van der Waals surface area contributed by atoms with Crippen molar-refractivity contribution < 1.29 is 40.4 Å². The lowest BCUT2D eigenvalue weighted by molar-refractivity contribution is -0.136. The number of ether oxygens (including phenoxy) is 2. The number of pyridine rings is 1. The third-order valence-corrected chi connectivity index (χ3v) is 9.45. The number of allylic oxidation sites excluding steroid dienone is 8. The average molecular weight is 715 g/mol. The van der Waals surface area contributed by atoms with Crippen LogP contribution >= 0.6 is 11.6 Å². The van der Waals surface area contributed by atoms with Gasteiger partial charge >= 0.3 is 12.6 Å². The Morgan fingerprint density at radius 3 is 2.49 bits per heavy atom. The maximum absolute atomic E-state index is 14.9. The summed E-state index contributed by atoms with van der Waals surface area (Å²) in [5.41, 5.74) is 2.22. The molecule has 0 radical (unpaired) electrons. The summed E-state index contributed by atoms with van der Waals surface area (Å²) in [5, 5.41) is 0.477. The lowest BCUT2D eigenvalue weighted by Crippen LogP contribution is -2.09. The lowest BCUT2D eigenvalue weighted by Gasteiger charge is -2.18. The molecule has 0 spiro atoms. The summed E-state index contributed by atoms with van der Waals surface area (Å²) in [5.74, 6) is -1.48. The van der Waals surface area contributed by atoms with E-state index in [9.17, 15) is 31.0 Å². The molecular formula is C36H28ClF5N2O4S. The summed E-state index contributed by atoms with van der Waals surface area (Å²) in [6.45, 7) is 1.65. The maximum atomic E-state index is 14.9. The topological polar surface area (TPSA) is 70.4 Å². The first-order chi connectivity index (χ1) is 23.4. The number of methoxy groups -OCH3 is 1. The van der Waals surface area contributed by atoms with Gasteiger partial charge in [0.25, 0.3) is 6.43 Å². The molecule has 4 aromatic rings. The van der Waals surface area contributed by atoms with Crippen molar-refractivity contribution in [3.05, 3.63) is 124 Å². The fraction of sp³-hybridized carbons (Fsp3) is 0.167. The Kier molecular flexibility index (Phi) is 11.0. The fourth-order valence-electron chi connectivity index (χ4n) is 5.44. The zero-order valence-electron chi connectivity index (χ0n) is 26.1. The quantitative estimate of drug-likeness (QED) is 0.0879. The monoisotopic (exact) mass is 714 g/mol. The molecule has 254 valence electrons. The number of carbonyl (C=O) groups is 1. The van der Waals surface area contributed by atoms with Crippen molar-refractivity contribution in [3.63, 3.8) is 0 Å². The number of halogens is 6. The van der Waals surface area contributed by atoms with Gasteiger partial charge in [0.1, 0.15) is 11.5 Å². The molecule has 6 nitrogen and oxygen atoms in total. The number of fused-ring (bicyclic) bond motifs is 1. The highest BCUT2D eigenvalue weighted by Gasteiger charge is 2.28. The normalized spacial score (nSPS) is 14.8. The van der Waals surface area contributed by atoms with E-state index in [1.165, 1.54) is 54.6 Å². The van der Waals surface area contributed by atoms with Gasteiger partial charge in [-0.2, -0.15) is 8.78 Å². The Labute approximate surface area is 286 Å². The molecule has 13 heteroatoms. The molecule has 1 unspecified atom stereocenters. The molecule has 0 N–H and O–H groups in total. The highest BCUT2D eigenvalue weighted by atomic mass is 35.5. The van der Waals surface area contributed by atoms with Crippen LogP contribution < -0.4 is 4.74 Å². The molecule has 5 rings (SSSR count). The van der Waals surface area contributed by atoms with Crippen molar-refractivity contribution in [2.75, 3.05) is 7.11 Å². The van der Waals surface area contributed by atoms with Gasteiger partial charge in [-0.1, -0.05) is 48.5 Å². The highest BCUT2D eigenvalue weighted by molar-refractivity contribution is 7.87. The van der Waals surface area contributed by atoms with Crippen LogP contribution in [0.3, 0.4) is 0 Å². The molecule has 1 atom stereocenters. The van der Waals surface area contributed by atoms with Crippen LogP contribution in [0.4, 0.5) is 22.0 Å². The predicted octanol–water partition coefficient (Wildman–Crippen LogP) is 9.75. The van der Waals surface area contributed by atoms with Crippen LogP contribution in [0.25, 0.3) is 39.0 Å². The summed E-state index contributed by atoms with van der Waals surface area (Å²) < 4.78 is 94.4. The molecule has 0 amide bonds. The smallest absolute Gasteiger partial charge is 0.387 e. The third-order valence-electron chi connectivity index (χ3n) is 7.72. The van der Waals surface area contributed by atoms with E-state index in [-0.39, 0.29) is 38.5 Å². The summed E-state index contributed by atoms with van der Waals surface area (Å²) in [6, 6.07) is 13.3. The van der Waals surface area contributed by atoms with E-state index < -0.39 is 41.4 Å². The molecule has 0 saturated carbocycles. The molecule has 0 bridgehead atoms. The number of hydrogen-bond acceptors (Lipinski definition) is 5. The van der Waals surface area contributed by atoms with Crippen molar-refractivity contribution in [1.29, 1.82) is 0 Å². The minimum Gasteiger partial charge on any atom is -0.466 e. The van der Waals surface area contributed by atoms with Crippen molar-refractivity contribution in [1.82, 2.24) is 8.96 Å². The maximum Gasteiger partial charge on any atom is 0.387 e. The minimum absolute atomic E-state index is 0.0803. The molecule has 2 aromatic heterocycles. The van der Waals surface area contributed by atoms with Crippen molar-refractivity contribution in [2.45, 2.75) is 32.8 Å². The number of benzene rings is 2. The molecule has 0 fully saturated rings. The molecule has 2 aromatic carbocycles. The van der Waals surface area contributed by atoms with Crippen LogP contribution in [0.1, 0.15) is 25.3 Å². The summed E-state index contributed by atoms with van der Waals surface area (Å²) in [7, 11) is -0.863. The Bertz CT molecular complexity index is 2100. The van der Waals surface area contributed by atoms with Gasteiger partial charge in [-0.25, -0.2) is 22.2 Å². The fourth-order valence-corrected chi connectivity index (χ4v) is 6.95. The minimum atomic E-state index is -3.22. The number of carbonyl (C=O) groups excluding carboxylic acids is 1. The van der Waals surface area contributed by atoms with Gasteiger partial charge in [0.15, 0.2) is 16.7 Å². The second-order valence-electron chi connectivity index (χ2n) is 10.7. The van der Waals surface area contributed by atoms with Crippen molar-refractivity contribution in [3.8, 4) is 28.3 Å². The van der Waals surface area contributed by atoms with Gasteiger partial charge in [-0.3, -0.25) is 8.96 Å². The SMILES string of the molecule is C=C/C(=C\C=C(/C)S(=O)n1c(-c2cccc(C3=C(Cl)C=C(C(=O)OC)CC3)c2)c(-c2ncccc2OC(F)F)c2cc(F)ccc21)C(F)F. The van der Waals surface area contributed by atoms with Crippen LogP contribution in [-0.4, -0.2) is 39.3 Å². The molecule has 49 heavy (non-hydrogen) atoms. The van der Waals surface area contributed by atoms with Crippen LogP contribution in [0.2, 0.25) is 0 Å². The Morgan fingerprint density at radius 2 is 1.82 bits per heavy atom. The van der Waals surface area contributed by atoms with E-state index >= 15 is 0 Å². The first-order valence-electron chi connectivity index (χ1n) is 14.7. The van der Waals surface area contributed by atoms with Gasteiger partial charge < -0.3 is 9.47 Å². The second kappa shape index (κ2) is 15.2. The third kappa shape index (κ3) is 7.45. The summed E-state index contributed by atoms with van der Waals surface area (Å²) in [6.07, 6.45) is 4.13. The zero-order chi connectivity index (χ0) is 35.4. The van der Waals surface area contributed by atoms with E-state index in [0.717, 1.165) is 24.3 Å². The first kappa shape index (κ1) is 35.5. The molecule has 1 aliphatic rings. The van der Waals surface area contributed by atoms with E-state index in [2.05, 4.69) is 11.6 Å². The Hall–Kier alpha value is -4.81. The standard InChI is InChI=1S/C36H28ClF5N2O4S/c1-4-21(34(39)40)11-10-20(2)49(46)44-29-15-13-25(38)19-27(29)31(32-30(48-36(41)42)9-6-16-43-32)33(44)23-8-5-7-22(17-23)26-14-12-24(18-28(26)37)35(45)47-3/h4-11,13,15-19,34,36H,1,12,14H2,2-3H3/b20-10+,21-11+. The number of esters is 1. The van der Waals surface area contributed by atoms with Crippen LogP contribution in [0.5, 0.6) is 5.75 Å². The number of aromatic nitrogens is 2. The van der Waals surface area contributed by atoms with Crippen LogP contribution in [0, 0.1) is 5.82 Å². The Morgan fingerprint density at radius 1 is 1.06 bits per heavy atom. The van der Waals surface area contributed by atoms with Gasteiger partial charge in [-0.15, -0.1) is 0 Å². The summed E-state index contributed by atoms with van der Waals surface area (Å²) in [4.78, 5) is 16.6. The number of nitrogens with zero attached hydrogens (tertiary/aromatic N) is 2. The average Bonchev–Trinajstić information content (AvgIpc) is 3.41. The van der Waals surface area contributed by atoms with E-state index in [1.807, 2.05) is 0 Å². The summed E-state index contributed by atoms with van der Waals surface area (Å²) >= 11 is 6.64. The van der Waals surface area contributed by atoms with E-state index in [0.29, 0.717) is 40.1 Å². The zero-order valence-corrected chi connectivity index (χ0v) is 27.6. The van der Waals surface area contributed by atoms with Crippen LogP contribution in [0.15, 0.2) is 113 Å². The number of rotatable bonds is 11. The van der Waals surface area contributed by atoms with Gasteiger partial charge in [0, 0.05) is 43.8 Å². The molecule has 1 aliphatic carbocycles. The van der Waals surface area contributed by atoms with Crippen molar-refractivity contribution >= 4 is 45.0 Å². The molecule has 0 saturated heterocycles. The molecule has 0 aliphatic heterocycles. The van der Waals surface area contributed by atoms with Crippen LogP contribution in [-0.2, 0) is 20.5 Å². The molecular weight excluding hydrogens is 687 g/mol. The largest absolute Gasteiger partial charge is 0.466 e. The predicted molar refractivity (Wildman–Crippen MR) is 181 cm³/mol. The molecule has 2 heterocycles. The van der Waals surface area contributed by atoms with Crippen molar-refractivity contribution in [2.24, 2.45) is 0 Å². The second-order valence-corrected chi connectivity index (χ2v) is 12.6. The highest BCUT2D eigenvalue weighted by Crippen LogP contribution is 2.45. The number of alkyl halides is 4. The van der Waals surface area contributed by atoms with E-state index in [4.69, 9.17) is 21.1 Å². The van der Waals surface area contributed by atoms with Gasteiger partial charge in [0.2, 0.25) is 0 Å². The Balaban J connectivity index is 1.84. The number of hydrogen-bond donors (Lipinski definition) is 0. The lowest BCUT2D eigenvalue weighted by atomic mass is 9.91. The van der Waals surface area contributed by atoms with Gasteiger partial charge in [0.05, 0.1) is 18.3 Å².